The van der Waals surface area contributed by atoms with Gasteiger partial charge < -0.3 is 40.5 Å². The van der Waals surface area contributed by atoms with Crippen molar-refractivity contribution in [1.82, 2.24) is 10.6 Å². The number of halogens is 1. The van der Waals surface area contributed by atoms with Crippen LogP contribution < -0.4 is 10.6 Å². The number of aryl methyl sites for hydroxylation is 2. The quantitative estimate of drug-likeness (QED) is 0.0410. The van der Waals surface area contributed by atoms with E-state index in [0.29, 0.717) is 34.8 Å². The summed E-state index contributed by atoms with van der Waals surface area (Å²) in [7, 11) is -10.7. The Bertz CT molecular complexity index is 1950. The Morgan fingerprint density at radius 2 is 1.72 bits per heavy atom. The smallest absolute Gasteiger partial charge is 0.397 e. The number of carboxylic acid groups (broad SMARTS) is 1. The molecule has 58 heavy (non-hydrogen) atoms. The maximum Gasteiger partial charge on any atom is 0.397 e. The number of amides is 1. The van der Waals surface area contributed by atoms with Crippen LogP contribution >= 0.6 is 22.6 Å². The van der Waals surface area contributed by atoms with Crippen molar-refractivity contribution in [3.05, 3.63) is 39.0 Å². The Balaban J connectivity index is 1.16. The van der Waals surface area contributed by atoms with Crippen LogP contribution in [0.5, 0.6) is 5.75 Å². The monoisotopic (exact) mass is 972 g/mol. The van der Waals surface area contributed by atoms with Crippen LogP contribution in [-0.2, 0) is 54.6 Å². The normalized spacial score (nSPS) is 37.5. The number of hydrogen-bond acceptors (Lipinski definition) is 14. The van der Waals surface area contributed by atoms with Crippen molar-refractivity contribution < 1.29 is 73.8 Å². The number of benzene rings is 1. The number of fused-ring (bicyclic) bond motifs is 3. The van der Waals surface area contributed by atoms with Gasteiger partial charge in [-0.15, -0.1) is 0 Å². The molecule has 21 heteroatoms. The number of aliphatic hydroxyl groups excluding tert-OH is 2. The molecule has 4 saturated carbocycles. The number of aliphatic hydroxyl groups is 2. The lowest BCUT2D eigenvalue weighted by Crippen LogP contribution is -2.64. The van der Waals surface area contributed by atoms with Crippen LogP contribution in [0.1, 0.15) is 69.4 Å². The minimum atomic E-state index is -5.39. The van der Waals surface area contributed by atoms with Crippen LogP contribution in [0.2, 0.25) is 0 Å². The highest BCUT2D eigenvalue weighted by Crippen LogP contribution is 2.70. The van der Waals surface area contributed by atoms with Crippen LogP contribution in [0.3, 0.4) is 0 Å². The Labute approximate surface area is 351 Å². The molecule has 0 aromatic heterocycles. The number of ether oxygens (including phenoxy) is 2. The van der Waals surface area contributed by atoms with E-state index in [2.05, 4.69) is 17.2 Å². The topological polar surface area (TPSA) is 285 Å². The highest BCUT2D eigenvalue weighted by molar-refractivity contribution is 14.1. The predicted octanol–water partition coefficient (Wildman–Crippen LogP) is 2.03. The Morgan fingerprint density at radius 3 is 2.38 bits per heavy atom. The first kappa shape index (κ1) is 45.5. The summed E-state index contributed by atoms with van der Waals surface area (Å²) in [5.41, 5.74) is 1.25. The largest absolute Gasteiger partial charge is 0.507 e. The predicted molar refractivity (Wildman–Crippen MR) is 212 cm³/mol. The van der Waals surface area contributed by atoms with Crippen molar-refractivity contribution in [3.8, 4) is 5.75 Å². The number of carbonyl (C=O) groups excluding carboxylic acids is 1. The third-order valence-corrected chi connectivity index (χ3v) is 15.2. The van der Waals surface area contributed by atoms with E-state index in [9.17, 15) is 56.0 Å². The molecule has 1 aromatic carbocycles. The lowest BCUT2D eigenvalue weighted by molar-refractivity contribution is -0.309. The van der Waals surface area contributed by atoms with Gasteiger partial charge in [0.25, 0.3) is 0 Å². The van der Waals surface area contributed by atoms with Gasteiger partial charge in [0.15, 0.2) is 6.29 Å². The van der Waals surface area contributed by atoms with E-state index < -0.39 is 86.4 Å². The van der Waals surface area contributed by atoms with Crippen molar-refractivity contribution in [2.24, 2.45) is 34.5 Å². The molecule has 1 heterocycles. The standard InChI is InChI=1S/C37H53IN2O16S2/c1-18-12-20(13-25(38)29(18)42)4-7-28(41)40-11-10-39-17-26-31(55-57(47,48)49)32(56-58(50,51)52)30(43)35(54-26)53-22-14-23(34(45)46)24-8-9-37-15-21(19(2)33(37)44)5-6-27(37)36(24,3)16-22/h12-13,21-24,26-27,30-33,35,39,42-44H,2,4-11,14-17H2,1,3H3,(H,40,41)(H,45,46)(H,47,48,49)(H,50,51,52)/t21?,22?,23?,24?,26-,27?,30?,31+,32?,33-,35?,36?,37?/m0/s1. The Morgan fingerprint density at radius 1 is 1.03 bits per heavy atom. The maximum absolute atomic E-state index is 12.8. The average Bonchev–Trinajstić information content (AvgIpc) is 3.29. The summed E-state index contributed by atoms with van der Waals surface area (Å²) in [4.78, 5) is 25.4. The van der Waals surface area contributed by atoms with Crippen molar-refractivity contribution in [1.29, 1.82) is 0 Å². The van der Waals surface area contributed by atoms with Gasteiger partial charge in [-0.05, 0) is 127 Å². The van der Waals surface area contributed by atoms with Gasteiger partial charge in [0, 0.05) is 31.5 Å². The number of aliphatic carboxylic acids is 1. The summed E-state index contributed by atoms with van der Waals surface area (Å²) in [5.74, 6) is -2.15. The van der Waals surface area contributed by atoms with E-state index >= 15 is 0 Å². The average molecular weight is 973 g/mol. The number of hydrogen-bond donors (Lipinski definition) is 8. The van der Waals surface area contributed by atoms with E-state index in [1.807, 2.05) is 29.5 Å². The highest BCUT2D eigenvalue weighted by Gasteiger charge is 2.67. The van der Waals surface area contributed by atoms with E-state index in [4.69, 9.17) is 17.8 Å². The summed E-state index contributed by atoms with van der Waals surface area (Å²) in [6.07, 6.45) is -6.93. The van der Waals surface area contributed by atoms with Crippen LogP contribution in [0.4, 0.5) is 0 Å². The SMILES string of the molecule is C=C1C2CCC3C4(C)CC(OC5O[C@@H](CNCCNC(=O)CCc6cc(C)c(O)c(I)c6)[C@@H](OS(=O)(=O)O)C(OS(=O)(=O)O)C5O)CC(C(=O)O)C4CCC3(C2)[C@H]1O. The summed E-state index contributed by atoms with van der Waals surface area (Å²) < 4.78 is 89.6. The van der Waals surface area contributed by atoms with Crippen molar-refractivity contribution in [2.75, 3.05) is 19.6 Å². The number of carbonyl (C=O) groups is 2. The lowest BCUT2D eigenvalue weighted by atomic mass is 9.43. The molecule has 6 rings (SSSR count). The van der Waals surface area contributed by atoms with E-state index in [-0.39, 0.29) is 61.9 Å². The van der Waals surface area contributed by atoms with Crippen molar-refractivity contribution in [3.63, 3.8) is 0 Å². The third kappa shape index (κ3) is 9.54. The molecule has 1 aliphatic heterocycles. The molecule has 13 atom stereocenters. The molecule has 10 unspecified atom stereocenters. The molecule has 326 valence electrons. The summed E-state index contributed by atoms with van der Waals surface area (Å²) >= 11 is 2.01. The molecule has 1 spiro atoms. The molecule has 8 N–H and O–H groups in total. The number of phenolic OH excluding ortho intramolecular Hbond substituents is 1. The van der Waals surface area contributed by atoms with Gasteiger partial charge in [-0.3, -0.25) is 18.7 Å². The van der Waals surface area contributed by atoms with Gasteiger partial charge in [0.05, 0.1) is 21.7 Å². The molecule has 5 fully saturated rings. The molecule has 4 aliphatic carbocycles. The van der Waals surface area contributed by atoms with Gasteiger partial charge >= 0.3 is 26.8 Å². The second kappa shape index (κ2) is 17.4. The van der Waals surface area contributed by atoms with Crippen LogP contribution in [0.25, 0.3) is 0 Å². The molecule has 1 amide bonds. The lowest BCUT2D eigenvalue weighted by Gasteiger charge is -2.62. The second-order valence-corrected chi connectivity index (χ2v) is 20.1. The van der Waals surface area contributed by atoms with Gasteiger partial charge in [-0.25, -0.2) is 8.37 Å². The van der Waals surface area contributed by atoms with Gasteiger partial charge in [-0.2, -0.15) is 16.8 Å². The van der Waals surface area contributed by atoms with Gasteiger partial charge in [-0.1, -0.05) is 19.6 Å². The van der Waals surface area contributed by atoms with E-state index in [1.165, 1.54) is 0 Å². The number of carboxylic acids is 1. The zero-order chi connectivity index (χ0) is 42.5. The number of aromatic hydroxyl groups is 1. The number of phenols is 1. The van der Waals surface area contributed by atoms with E-state index in [0.717, 1.165) is 30.4 Å². The number of nitrogens with one attached hydrogen (secondary N) is 2. The highest BCUT2D eigenvalue weighted by atomic mass is 127. The fraction of sp³-hybridized carbons (Fsp3) is 0.730. The molecule has 18 nitrogen and oxygen atoms in total. The first-order valence-corrected chi connectivity index (χ1v) is 23.2. The molecule has 0 radical (unpaired) electrons. The minimum Gasteiger partial charge on any atom is -0.507 e. The van der Waals surface area contributed by atoms with Crippen LogP contribution in [0.15, 0.2) is 24.3 Å². The molecule has 5 aliphatic rings. The van der Waals surface area contributed by atoms with Crippen molar-refractivity contribution >= 4 is 55.3 Å². The summed E-state index contributed by atoms with van der Waals surface area (Å²) in [6.45, 7) is 7.78. The van der Waals surface area contributed by atoms with E-state index in [1.54, 1.807) is 19.1 Å². The third-order valence-electron chi connectivity index (χ3n) is 13.4. The van der Waals surface area contributed by atoms with Gasteiger partial charge in [0.2, 0.25) is 5.91 Å². The zero-order valence-electron chi connectivity index (χ0n) is 32.2. The zero-order valence-corrected chi connectivity index (χ0v) is 35.9. The Kier molecular flexibility index (Phi) is 13.6. The molecule has 1 aromatic rings. The minimum absolute atomic E-state index is 0.00273. The van der Waals surface area contributed by atoms with Crippen molar-refractivity contribution in [2.45, 2.75) is 115 Å². The van der Waals surface area contributed by atoms with Gasteiger partial charge in [0.1, 0.15) is 30.2 Å². The maximum atomic E-state index is 12.8. The fourth-order valence-corrected chi connectivity index (χ4v) is 12.9. The first-order valence-electron chi connectivity index (χ1n) is 19.4. The second-order valence-electron chi connectivity index (χ2n) is 16.8. The molecule has 2 bridgehead atoms. The fourth-order valence-electron chi connectivity index (χ4n) is 11.0. The van der Waals surface area contributed by atoms with Crippen LogP contribution in [-0.4, -0.2) is 121 Å². The first-order chi connectivity index (χ1) is 27.0. The number of rotatable bonds is 15. The summed E-state index contributed by atoms with van der Waals surface area (Å²) in [6, 6.07) is 3.57. The molecular formula is C37H53IN2O16S2. The molecule has 1 saturated heterocycles. The Hall–Kier alpha value is -2.03. The summed E-state index contributed by atoms with van der Waals surface area (Å²) in [5, 5.41) is 49.0. The molecular weight excluding hydrogens is 919 g/mol. The van der Waals surface area contributed by atoms with Crippen LogP contribution in [0, 0.1) is 45.0 Å².